The first kappa shape index (κ1) is 20.0. The molecule has 0 aliphatic carbocycles. The van der Waals surface area contributed by atoms with Gasteiger partial charge < -0.3 is 0 Å². The second-order valence-corrected chi connectivity index (χ2v) is 8.94. The Labute approximate surface area is 172 Å². The fraction of sp³-hybridized carbons (Fsp3) is 0.100. The van der Waals surface area contributed by atoms with Gasteiger partial charge in [0.05, 0.1) is 18.2 Å². The molecule has 0 fully saturated rings. The summed E-state index contributed by atoms with van der Waals surface area (Å²) in [5.74, 6) is -0.535. The summed E-state index contributed by atoms with van der Waals surface area (Å²) < 4.78 is 26.7. The zero-order valence-corrected chi connectivity index (χ0v) is 17.4. The molecule has 0 saturated carbocycles. The molecule has 0 atom stereocenters. The van der Waals surface area contributed by atoms with Crippen LogP contribution in [0, 0.1) is 0 Å². The number of rotatable bonds is 6. The number of hydrazone groups is 1. The van der Waals surface area contributed by atoms with Crippen LogP contribution in [0.1, 0.15) is 5.56 Å². The maximum absolute atomic E-state index is 12.3. The van der Waals surface area contributed by atoms with E-state index in [0.29, 0.717) is 5.69 Å². The molecule has 1 amide bonds. The fourth-order valence-electron chi connectivity index (χ4n) is 2.70. The van der Waals surface area contributed by atoms with E-state index < -0.39 is 15.9 Å². The van der Waals surface area contributed by atoms with Crippen molar-refractivity contribution in [2.45, 2.75) is 0 Å². The highest BCUT2D eigenvalue weighted by atomic mass is 79.9. The minimum absolute atomic E-state index is 0.371. The number of amides is 1. The molecule has 1 N–H and O–H groups in total. The first-order valence-electron chi connectivity index (χ1n) is 8.37. The molecule has 3 rings (SSSR count). The molecule has 0 aliphatic rings. The lowest BCUT2D eigenvalue weighted by Gasteiger charge is -2.23. The Balaban J connectivity index is 1.79. The lowest BCUT2D eigenvalue weighted by Crippen LogP contribution is -2.39. The van der Waals surface area contributed by atoms with Gasteiger partial charge in [-0.15, -0.1) is 0 Å². The van der Waals surface area contributed by atoms with Crippen LogP contribution in [0.15, 0.2) is 76.3 Å². The zero-order valence-electron chi connectivity index (χ0n) is 15.0. The van der Waals surface area contributed by atoms with Crippen molar-refractivity contribution in [3.63, 3.8) is 0 Å². The van der Waals surface area contributed by atoms with Crippen LogP contribution in [-0.2, 0) is 14.8 Å². The summed E-state index contributed by atoms with van der Waals surface area (Å²) in [6, 6.07) is 20.1. The molecule has 0 aromatic heterocycles. The number of nitrogens with one attached hydrogen (secondary N) is 1. The summed E-state index contributed by atoms with van der Waals surface area (Å²) in [5, 5.41) is 5.54. The van der Waals surface area contributed by atoms with E-state index in [-0.39, 0.29) is 6.54 Å². The minimum atomic E-state index is -3.67. The van der Waals surface area contributed by atoms with E-state index in [0.717, 1.165) is 31.4 Å². The van der Waals surface area contributed by atoms with E-state index in [4.69, 9.17) is 0 Å². The maximum atomic E-state index is 12.3. The van der Waals surface area contributed by atoms with Crippen molar-refractivity contribution in [2.24, 2.45) is 5.10 Å². The number of carbonyl (C=O) groups excluding carboxylic acids is 1. The third-order valence-corrected chi connectivity index (χ3v) is 5.65. The molecular weight excluding hydrogens is 442 g/mol. The van der Waals surface area contributed by atoms with Crippen molar-refractivity contribution in [2.75, 3.05) is 17.1 Å². The van der Waals surface area contributed by atoms with Gasteiger partial charge in [0.1, 0.15) is 6.54 Å². The third kappa shape index (κ3) is 4.96. The molecule has 0 saturated heterocycles. The number of benzene rings is 3. The summed E-state index contributed by atoms with van der Waals surface area (Å²) in [4.78, 5) is 12.3. The van der Waals surface area contributed by atoms with E-state index in [2.05, 4.69) is 26.5 Å². The van der Waals surface area contributed by atoms with E-state index in [9.17, 15) is 13.2 Å². The molecule has 0 radical (unpaired) electrons. The van der Waals surface area contributed by atoms with Crippen LogP contribution in [0.4, 0.5) is 5.69 Å². The SMILES string of the molecule is CS(=O)(=O)N(CC(=O)N/N=C\c1ccc(Br)cc1)c1cccc2ccccc12. The minimum Gasteiger partial charge on any atom is -0.271 e. The molecular formula is C20H18BrN3O3S. The van der Waals surface area contributed by atoms with Gasteiger partial charge in [0.2, 0.25) is 10.0 Å². The highest BCUT2D eigenvalue weighted by molar-refractivity contribution is 9.10. The van der Waals surface area contributed by atoms with Crippen LogP contribution < -0.4 is 9.73 Å². The van der Waals surface area contributed by atoms with Gasteiger partial charge in [-0.25, -0.2) is 13.8 Å². The van der Waals surface area contributed by atoms with Gasteiger partial charge in [-0.2, -0.15) is 5.10 Å². The van der Waals surface area contributed by atoms with Crippen molar-refractivity contribution in [1.82, 2.24) is 5.43 Å². The average Bonchev–Trinajstić information content (AvgIpc) is 2.66. The molecule has 3 aromatic rings. The number of anilines is 1. The van der Waals surface area contributed by atoms with Crippen molar-refractivity contribution in [3.05, 3.63) is 76.8 Å². The molecule has 3 aromatic carbocycles. The van der Waals surface area contributed by atoms with Crippen molar-refractivity contribution in [3.8, 4) is 0 Å². The second-order valence-electron chi connectivity index (χ2n) is 6.11. The summed E-state index contributed by atoms with van der Waals surface area (Å²) >= 11 is 3.35. The number of hydrogen-bond donors (Lipinski definition) is 1. The Morgan fingerprint density at radius 3 is 2.46 bits per heavy atom. The maximum Gasteiger partial charge on any atom is 0.260 e. The first-order valence-corrected chi connectivity index (χ1v) is 11.0. The number of halogens is 1. The summed E-state index contributed by atoms with van der Waals surface area (Å²) in [6.07, 6.45) is 2.57. The van der Waals surface area contributed by atoms with Gasteiger partial charge in [-0.1, -0.05) is 64.5 Å². The largest absolute Gasteiger partial charge is 0.271 e. The van der Waals surface area contributed by atoms with Gasteiger partial charge >= 0.3 is 0 Å². The summed E-state index contributed by atoms with van der Waals surface area (Å²) in [7, 11) is -3.67. The standard InChI is InChI=1S/C20H18BrN3O3S/c1-28(26,27)24(19-8-4-6-16-5-2-3-7-18(16)19)14-20(25)23-22-13-15-9-11-17(21)12-10-15/h2-13H,14H2,1H3,(H,23,25)/b22-13-. The Hall–Kier alpha value is -2.71. The second kappa shape index (κ2) is 8.53. The molecule has 0 bridgehead atoms. The van der Waals surface area contributed by atoms with Crippen LogP contribution in [0.25, 0.3) is 10.8 Å². The predicted molar refractivity (Wildman–Crippen MR) is 116 cm³/mol. The summed E-state index contributed by atoms with van der Waals surface area (Å²) in [5.41, 5.74) is 3.63. The van der Waals surface area contributed by atoms with Crippen molar-refractivity contribution in [1.29, 1.82) is 0 Å². The van der Waals surface area contributed by atoms with Crippen molar-refractivity contribution >= 4 is 54.5 Å². The van der Waals surface area contributed by atoms with E-state index in [1.807, 2.05) is 54.6 Å². The third-order valence-electron chi connectivity index (χ3n) is 4.00. The number of carbonyl (C=O) groups is 1. The lowest BCUT2D eigenvalue weighted by molar-refractivity contribution is -0.119. The highest BCUT2D eigenvalue weighted by Gasteiger charge is 2.22. The topological polar surface area (TPSA) is 78.8 Å². The number of nitrogens with zero attached hydrogens (tertiary/aromatic N) is 2. The van der Waals surface area contributed by atoms with Gasteiger partial charge in [-0.05, 0) is 29.1 Å². The number of fused-ring (bicyclic) bond motifs is 1. The van der Waals surface area contributed by atoms with E-state index in [1.165, 1.54) is 6.21 Å². The zero-order chi connectivity index (χ0) is 20.1. The molecule has 6 nitrogen and oxygen atoms in total. The predicted octanol–water partition coefficient (Wildman–Crippen LogP) is 3.52. The van der Waals surface area contributed by atoms with Crippen LogP contribution in [0.3, 0.4) is 0 Å². The Bertz CT molecular complexity index is 1120. The van der Waals surface area contributed by atoms with E-state index >= 15 is 0 Å². The normalized spacial score (nSPS) is 11.6. The monoisotopic (exact) mass is 459 g/mol. The summed E-state index contributed by atoms with van der Waals surface area (Å²) in [6.45, 7) is -0.371. The highest BCUT2D eigenvalue weighted by Crippen LogP contribution is 2.28. The number of hydrogen-bond acceptors (Lipinski definition) is 4. The van der Waals surface area contributed by atoms with Gasteiger partial charge in [0.15, 0.2) is 0 Å². The van der Waals surface area contributed by atoms with Gasteiger partial charge in [-0.3, -0.25) is 9.10 Å². The molecule has 144 valence electrons. The van der Waals surface area contributed by atoms with Gasteiger partial charge in [0, 0.05) is 9.86 Å². The van der Waals surface area contributed by atoms with Crippen molar-refractivity contribution < 1.29 is 13.2 Å². The van der Waals surface area contributed by atoms with Gasteiger partial charge in [0.25, 0.3) is 5.91 Å². The van der Waals surface area contributed by atoms with Crippen LogP contribution >= 0.6 is 15.9 Å². The Kier molecular flexibility index (Phi) is 6.11. The van der Waals surface area contributed by atoms with Crippen LogP contribution in [-0.4, -0.2) is 33.3 Å². The quantitative estimate of drug-likeness (QED) is 0.452. The molecule has 0 unspecified atom stereocenters. The van der Waals surface area contributed by atoms with Crippen LogP contribution in [0.5, 0.6) is 0 Å². The Morgan fingerprint density at radius 1 is 1.07 bits per heavy atom. The molecule has 0 aliphatic heterocycles. The average molecular weight is 460 g/mol. The smallest absolute Gasteiger partial charge is 0.260 e. The molecule has 0 spiro atoms. The number of sulfonamides is 1. The molecule has 28 heavy (non-hydrogen) atoms. The van der Waals surface area contributed by atoms with Crippen LogP contribution in [0.2, 0.25) is 0 Å². The molecule has 0 heterocycles. The lowest BCUT2D eigenvalue weighted by atomic mass is 10.1. The van der Waals surface area contributed by atoms with E-state index in [1.54, 1.807) is 12.1 Å². The molecule has 8 heteroatoms. The first-order chi connectivity index (χ1) is 13.3. The Morgan fingerprint density at radius 2 is 1.75 bits per heavy atom. The fourth-order valence-corrected chi connectivity index (χ4v) is 3.83.